The van der Waals surface area contributed by atoms with Crippen molar-refractivity contribution in [2.24, 2.45) is 0 Å². The first-order chi connectivity index (χ1) is 8.54. The largest absolute Gasteiger partial charge is 0.388 e. The third-order valence-corrected chi connectivity index (χ3v) is 3.81. The molecule has 0 aromatic heterocycles. The molecule has 2 rings (SSSR count). The smallest absolute Gasteiger partial charge is 0.243 e. The van der Waals surface area contributed by atoms with E-state index in [1.54, 1.807) is 0 Å². The van der Waals surface area contributed by atoms with E-state index in [0.29, 0.717) is 16.8 Å². The monoisotopic (exact) mass is 299 g/mol. The molecule has 0 spiro atoms. The molecule has 1 aliphatic rings. The molecule has 4 nitrogen and oxygen atoms in total. The highest BCUT2D eigenvalue weighted by Gasteiger charge is 2.30. The topological polar surface area (TPSA) is 56.2 Å². The number of nitrogens with zero attached hydrogens (tertiary/aromatic N) is 1. The molecule has 0 bridgehead atoms. The number of halogens is 1. The van der Waals surface area contributed by atoms with Gasteiger partial charge in [-0.1, -0.05) is 31.7 Å². The normalized spacial score (nSPS) is 14.8. The molecule has 2 N–H and O–H groups in total. The summed E-state index contributed by atoms with van der Waals surface area (Å²) >= 11 is 1.28. The highest BCUT2D eigenvalue weighted by atomic mass is 35.5. The molecule has 0 unspecified atom stereocenters. The molecular formula is C13H18ClN3OS. The first-order valence-electron chi connectivity index (χ1n) is 5.90. The van der Waals surface area contributed by atoms with Crippen molar-refractivity contribution in [3.63, 3.8) is 0 Å². The third-order valence-electron chi connectivity index (χ3n) is 2.97. The van der Waals surface area contributed by atoms with Gasteiger partial charge in [0.25, 0.3) is 0 Å². The number of nitrogens with one attached hydrogen (secondary N) is 2. The van der Waals surface area contributed by atoms with Gasteiger partial charge in [0, 0.05) is 12.7 Å². The van der Waals surface area contributed by atoms with Crippen molar-refractivity contribution in [2.45, 2.75) is 19.8 Å². The second kappa shape index (κ2) is 6.30. The summed E-state index contributed by atoms with van der Waals surface area (Å²) < 4.78 is 0. The first-order valence-corrected chi connectivity index (χ1v) is 6.89. The molecule has 1 saturated heterocycles. The minimum atomic E-state index is -0.0137. The fraction of sp³-hybridized carbons (Fsp3) is 0.385. The van der Waals surface area contributed by atoms with Gasteiger partial charge in [0.1, 0.15) is 0 Å². The number of thioether (sulfide) groups is 1. The number of rotatable bonds is 3. The number of carbonyl (C=O) groups is 1. The van der Waals surface area contributed by atoms with E-state index < -0.39 is 0 Å². The summed E-state index contributed by atoms with van der Waals surface area (Å²) in [5.41, 5.74) is 2.87. The van der Waals surface area contributed by atoms with Crippen molar-refractivity contribution in [3.8, 4) is 0 Å². The molecule has 1 amide bonds. The zero-order valence-corrected chi connectivity index (χ0v) is 12.8. The molecule has 19 heavy (non-hydrogen) atoms. The van der Waals surface area contributed by atoms with Gasteiger partial charge in [-0.25, -0.2) is 0 Å². The molecule has 0 saturated carbocycles. The number of anilines is 2. The summed E-state index contributed by atoms with van der Waals surface area (Å²) in [5.74, 6) is 0.664. The first kappa shape index (κ1) is 15.9. The average Bonchev–Trinajstić information content (AvgIpc) is 2.68. The Balaban J connectivity index is 0.00000180. The van der Waals surface area contributed by atoms with Crippen LogP contribution in [0.5, 0.6) is 0 Å². The van der Waals surface area contributed by atoms with Gasteiger partial charge in [0.2, 0.25) is 5.91 Å². The third kappa shape index (κ3) is 3.04. The van der Waals surface area contributed by atoms with E-state index in [1.807, 2.05) is 25.2 Å². The van der Waals surface area contributed by atoms with Gasteiger partial charge in [-0.2, -0.15) is 0 Å². The van der Waals surface area contributed by atoms with E-state index in [1.165, 1.54) is 16.7 Å². The van der Waals surface area contributed by atoms with E-state index in [9.17, 15) is 4.79 Å². The number of amidine groups is 1. The summed E-state index contributed by atoms with van der Waals surface area (Å²) in [4.78, 5) is 13.4. The minimum Gasteiger partial charge on any atom is -0.388 e. The Bertz CT molecular complexity index is 489. The van der Waals surface area contributed by atoms with Crippen LogP contribution in [-0.4, -0.2) is 23.9 Å². The lowest BCUT2D eigenvalue weighted by Gasteiger charge is -2.22. The van der Waals surface area contributed by atoms with Crippen LogP contribution in [0.25, 0.3) is 0 Å². The van der Waals surface area contributed by atoms with Crippen LogP contribution >= 0.6 is 24.2 Å². The van der Waals surface area contributed by atoms with Gasteiger partial charge in [0.05, 0.1) is 11.4 Å². The van der Waals surface area contributed by atoms with Crippen molar-refractivity contribution < 1.29 is 4.79 Å². The Morgan fingerprint density at radius 1 is 1.42 bits per heavy atom. The van der Waals surface area contributed by atoms with Crippen LogP contribution in [-0.2, 0) is 4.79 Å². The van der Waals surface area contributed by atoms with Crippen molar-refractivity contribution in [2.75, 3.05) is 23.0 Å². The molecule has 1 aromatic rings. The number of hydrogen-bond acceptors (Lipinski definition) is 4. The van der Waals surface area contributed by atoms with Crippen LogP contribution in [0.1, 0.15) is 25.3 Å². The predicted octanol–water partition coefficient (Wildman–Crippen LogP) is 3.29. The Morgan fingerprint density at radius 2 is 2.11 bits per heavy atom. The number of carbonyl (C=O) groups excluding carboxylic acids is 1. The molecule has 1 fully saturated rings. The van der Waals surface area contributed by atoms with Crippen molar-refractivity contribution in [1.82, 2.24) is 0 Å². The van der Waals surface area contributed by atoms with Crippen molar-refractivity contribution in [3.05, 3.63) is 23.8 Å². The predicted molar refractivity (Wildman–Crippen MR) is 85.0 cm³/mol. The van der Waals surface area contributed by atoms with E-state index in [2.05, 4.69) is 19.2 Å². The van der Waals surface area contributed by atoms with E-state index in [-0.39, 0.29) is 18.3 Å². The van der Waals surface area contributed by atoms with E-state index >= 15 is 0 Å². The molecule has 0 aliphatic carbocycles. The second-order valence-electron chi connectivity index (χ2n) is 4.50. The van der Waals surface area contributed by atoms with Gasteiger partial charge < -0.3 is 5.32 Å². The van der Waals surface area contributed by atoms with Crippen LogP contribution in [0.3, 0.4) is 0 Å². The number of amides is 1. The quantitative estimate of drug-likeness (QED) is 0.900. The van der Waals surface area contributed by atoms with Gasteiger partial charge in [0.15, 0.2) is 5.17 Å². The molecule has 1 aliphatic heterocycles. The molecule has 0 atom stereocenters. The van der Waals surface area contributed by atoms with Crippen LogP contribution in [0.2, 0.25) is 0 Å². The average molecular weight is 300 g/mol. The van der Waals surface area contributed by atoms with Crippen molar-refractivity contribution in [1.29, 1.82) is 5.41 Å². The second-order valence-corrected chi connectivity index (χ2v) is 5.47. The Kier molecular flexibility index (Phi) is 5.26. The maximum Gasteiger partial charge on any atom is 0.243 e. The number of benzene rings is 1. The van der Waals surface area contributed by atoms with Gasteiger partial charge in [-0.3, -0.25) is 15.1 Å². The summed E-state index contributed by atoms with van der Waals surface area (Å²) in [5, 5.41) is 11.3. The summed E-state index contributed by atoms with van der Waals surface area (Å²) in [6.07, 6.45) is 0. The lowest BCUT2D eigenvalue weighted by Crippen LogP contribution is -2.29. The fourth-order valence-electron chi connectivity index (χ4n) is 2.00. The molecular weight excluding hydrogens is 282 g/mol. The summed E-state index contributed by atoms with van der Waals surface area (Å²) in [7, 11) is 1.85. The Morgan fingerprint density at radius 3 is 2.58 bits per heavy atom. The van der Waals surface area contributed by atoms with Gasteiger partial charge >= 0.3 is 0 Å². The molecule has 0 radical (unpaired) electrons. The highest BCUT2D eigenvalue weighted by Crippen LogP contribution is 2.34. The molecule has 104 valence electrons. The molecule has 1 aromatic carbocycles. The Hall–Kier alpha value is -1.20. The zero-order valence-electron chi connectivity index (χ0n) is 11.2. The lowest BCUT2D eigenvalue weighted by molar-refractivity contribution is -0.115. The van der Waals surface area contributed by atoms with E-state index in [0.717, 1.165) is 16.9 Å². The highest BCUT2D eigenvalue weighted by molar-refractivity contribution is 8.15. The van der Waals surface area contributed by atoms with Gasteiger partial charge in [-0.05, 0) is 23.6 Å². The van der Waals surface area contributed by atoms with Gasteiger partial charge in [-0.15, -0.1) is 12.4 Å². The van der Waals surface area contributed by atoms with E-state index in [4.69, 9.17) is 5.41 Å². The van der Waals surface area contributed by atoms with Crippen LogP contribution < -0.4 is 10.2 Å². The SMILES string of the molecule is CNc1ccc(C(C)C)c(N2C(=N)SCC2=O)c1.Cl. The van der Waals surface area contributed by atoms with Crippen molar-refractivity contribution >= 4 is 46.6 Å². The Labute approximate surface area is 123 Å². The summed E-state index contributed by atoms with van der Waals surface area (Å²) in [6.45, 7) is 4.18. The minimum absolute atomic E-state index is 0. The number of hydrogen-bond donors (Lipinski definition) is 2. The summed E-state index contributed by atoms with van der Waals surface area (Å²) in [6, 6.07) is 5.96. The standard InChI is InChI=1S/C13H17N3OS.ClH/c1-8(2)10-5-4-9(15-3)6-11(10)16-12(17)7-18-13(16)14;/h4-6,8,14-15H,7H2,1-3H3;1H. The van der Waals surface area contributed by atoms with Crippen LogP contribution in [0.15, 0.2) is 18.2 Å². The molecule has 6 heteroatoms. The molecule has 1 heterocycles. The van der Waals surface area contributed by atoms with Crippen LogP contribution in [0.4, 0.5) is 11.4 Å². The maximum absolute atomic E-state index is 11.9. The lowest BCUT2D eigenvalue weighted by atomic mass is 10.00. The zero-order chi connectivity index (χ0) is 13.3. The maximum atomic E-state index is 11.9. The van der Waals surface area contributed by atoms with Crippen LogP contribution in [0, 0.1) is 5.41 Å². The fourth-order valence-corrected chi connectivity index (χ4v) is 2.72.